The van der Waals surface area contributed by atoms with Gasteiger partial charge in [-0.25, -0.2) is 8.78 Å². The quantitative estimate of drug-likeness (QED) is 0.550. The van der Waals surface area contributed by atoms with E-state index in [1.807, 2.05) is 13.0 Å². The van der Waals surface area contributed by atoms with Gasteiger partial charge >= 0.3 is 0 Å². The van der Waals surface area contributed by atoms with Crippen molar-refractivity contribution in [3.05, 3.63) is 87.2 Å². The smallest absolute Gasteiger partial charge is 0.217 e. The fourth-order valence-corrected chi connectivity index (χ4v) is 3.79. The number of carbonyl (C=O) groups excluding carboxylic acids is 2. The van der Waals surface area contributed by atoms with Crippen LogP contribution in [0.1, 0.15) is 46.6 Å². The van der Waals surface area contributed by atoms with Crippen molar-refractivity contribution in [1.29, 1.82) is 0 Å². The van der Waals surface area contributed by atoms with E-state index in [0.29, 0.717) is 17.7 Å². The highest BCUT2D eigenvalue weighted by molar-refractivity contribution is 6.31. The summed E-state index contributed by atoms with van der Waals surface area (Å²) in [6, 6.07) is 8.27. The predicted octanol–water partition coefficient (Wildman–Crippen LogP) is 5.15. The monoisotopic (exact) mass is 430 g/mol. The van der Waals surface area contributed by atoms with Crippen molar-refractivity contribution in [2.75, 3.05) is 0 Å². The molecule has 0 fully saturated rings. The SMILES string of the molecule is CCc1ccn(-c2c(C)cc(Cl)cc2C(=O)c2c(F)cccc2F)c1CNC(C)=O. The molecule has 0 radical (unpaired) electrons. The first-order valence-corrected chi connectivity index (χ1v) is 9.85. The number of amides is 1. The molecule has 0 aliphatic heterocycles. The number of benzene rings is 2. The van der Waals surface area contributed by atoms with Gasteiger partial charge in [0.25, 0.3) is 0 Å². The van der Waals surface area contributed by atoms with Crippen LogP contribution < -0.4 is 5.32 Å². The summed E-state index contributed by atoms with van der Waals surface area (Å²) in [6.07, 6.45) is 2.49. The number of nitrogens with zero attached hydrogens (tertiary/aromatic N) is 1. The van der Waals surface area contributed by atoms with Gasteiger partial charge in [-0.1, -0.05) is 24.6 Å². The molecule has 4 nitrogen and oxygen atoms in total. The Bertz CT molecular complexity index is 1120. The normalized spacial score (nSPS) is 10.9. The van der Waals surface area contributed by atoms with E-state index in [2.05, 4.69) is 5.32 Å². The van der Waals surface area contributed by atoms with Crippen LogP contribution in [0.3, 0.4) is 0 Å². The fraction of sp³-hybridized carbons (Fsp3) is 0.217. The van der Waals surface area contributed by atoms with E-state index in [-0.39, 0.29) is 23.0 Å². The van der Waals surface area contributed by atoms with Gasteiger partial charge < -0.3 is 9.88 Å². The molecule has 1 amide bonds. The second kappa shape index (κ2) is 8.79. The van der Waals surface area contributed by atoms with Crippen molar-refractivity contribution in [2.45, 2.75) is 33.7 Å². The summed E-state index contributed by atoms with van der Waals surface area (Å²) in [5, 5.41) is 3.05. The van der Waals surface area contributed by atoms with Crippen LogP contribution in [0.15, 0.2) is 42.6 Å². The van der Waals surface area contributed by atoms with Crippen LogP contribution in [-0.2, 0) is 17.8 Å². The summed E-state index contributed by atoms with van der Waals surface area (Å²) in [7, 11) is 0. The lowest BCUT2D eigenvalue weighted by Gasteiger charge is -2.18. The van der Waals surface area contributed by atoms with Crippen molar-refractivity contribution in [3.63, 3.8) is 0 Å². The van der Waals surface area contributed by atoms with E-state index in [1.165, 1.54) is 19.1 Å². The largest absolute Gasteiger partial charge is 0.351 e. The number of halogens is 3. The van der Waals surface area contributed by atoms with Gasteiger partial charge in [-0.15, -0.1) is 0 Å². The molecule has 0 saturated carbocycles. The van der Waals surface area contributed by atoms with Gasteiger partial charge in [-0.2, -0.15) is 0 Å². The van der Waals surface area contributed by atoms with E-state index in [4.69, 9.17) is 11.6 Å². The first-order chi connectivity index (χ1) is 14.2. The van der Waals surface area contributed by atoms with Crippen LogP contribution in [0.2, 0.25) is 5.02 Å². The highest BCUT2D eigenvalue weighted by atomic mass is 35.5. The van der Waals surface area contributed by atoms with Crippen molar-refractivity contribution in [3.8, 4) is 5.69 Å². The molecule has 0 aliphatic rings. The average Bonchev–Trinajstić information content (AvgIpc) is 3.07. The van der Waals surface area contributed by atoms with E-state index < -0.39 is 23.0 Å². The van der Waals surface area contributed by atoms with Gasteiger partial charge in [0.2, 0.25) is 11.7 Å². The summed E-state index contributed by atoms with van der Waals surface area (Å²) in [6.45, 7) is 5.41. The zero-order chi connectivity index (χ0) is 22.0. The molecule has 7 heteroatoms. The molecular weight excluding hydrogens is 410 g/mol. The minimum absolute atomic E-state index is 0.0753. The Kier molecular flexibility index (Phi) is 6.37. The fourth-order valence-electron chi connectivity index (χ4n) is 3.52. The first-order valence-electron chi connectivity index (χ1n) is 9.47. The Balaban J connectivity index is 2.24. The van der Waals surface area contributed by atoms with Crippen molar-refractivity contribution < 1.29 is 18.4 Å². The third-order valence-electron chi connectivity index (χ3n) is 4.91. The molecule has 0 aliphatic carbocycles. The summed E-state index contributed by atoms with van der Waals surface area (Å²) in [4.78, 5) is 24.7. The molecule has 30 heavy (non-hydrogen) atoms. The molecule has 0 unspecified atom stereocenters. The van der Waals surface area contributed by atoms with Gasteiger partial charge in [0.1, 0.15) is 11.6 Å². The lowest BCUT2D eigenvalue weighted by molar-refractivity contribution is -0.119. The van der Waals surface area contributed by atoms with E-state index >= 15 is 0 Å². The van der Waals surface area contributed by atoms with Crippen molar-refractivity contribution in [1.82, 2.24) is 9.88 Å². The molecule has 0 saturated heterocycles. The lowest BCUT2D eigenvalue weighted by atomic mass is 9.97. The average molecular weight is 431 g/mol. The standard InChI is InChI=1S/C23H21ClF2N2O2/c1-4-15-8-9-28(20(15)12-27-14(3)29)22-13(2)10-16(24)11-17(22)23(30)21-18(25)6-5-7-19(21)26/h5-11H,4,12H2,1-3H3,(H,27,29). The van der Waals surface area contributed by atoms with Gasteiger partial charge in [-0.3, -0.25) is 9.59 Å². The Morgan fingerprint density at radius 1 is 1.13 bits per heavy atom. The van der Waals surface area contributed by atoms with Crippen LogP contribution in [0.5, 0.6) is 0 Å². The minimum atomic E-state index is -0.941. The zero-order valence-electron chi connectivity index (χ0n) is 16.9. The lowest BCUT2D eigenvalue weighted by Crippen LogP contribution is -2.22. The summed E-state index contributed by atoms with van der Waals surface area (Å²) in [5.74, 6) is -2.88. The molecule has 3 aromatic rings. The molecule has 2 aromatic carbocycles. The number of hydrogen-bond acceptors (Lipinski definition) is 2. The minimum Gasteiger partial charge on any atom is -0.351 e. The number of carbonyl (C=O) groups is 2. The van der Waals surface area contributed by atoms with Crippen molar-refractivity contribution in [2.24, 2.45) is 0 Å². The summed E-state index contributed by atoms with van der Waals surface area (Å²) in [5.41, 5.74) is 2.32. The Morgan fingerprint density at radius 2 is 1.80 bits per heavy atom. The van der Waals surface area contributed by atoms with Crippen LogP contribution in [0, 0.1) is 18.6 Å². The summed E-state index contributed by atoms with van der Waals surface area (Å²) < 4.78 is 30.4. The molecule has 0 atom stereocenters. The van der Waals surface area contributed by atoms with Crippen LogP contribution in [0.4, 0.5) is 8.78 Å². The number of aromatic nitrogens is 1. The molecule has 1 aromatic heterocycles. The second-order valence-corrected chi connectivity index (χ2v) is 7.40. The molecule has 0 bridgehead atoms. The second-order valence-electron chi connectivity index (χ2n) is 6.97. The maximum Gasteiger partial charge on any atom is 0.217 e. The van der Waals surface area contributed by atoms with Crippen LogP contribution in [0.25, 0.3) is 5.69 Å². The zero-order valence-corrected chi connectivity index (χ0v) is 17.6. The maximum absolute atomic E-state index is 14.3. The van der Waals surface area contributed by atoms with E-state index in [1.54, 1.807) is 23.8 Å². The molecule has 1 heterocycles. The molecule has 1 N–H and O–H groups in total. The predicted molar refractivity (Wildman–Crippen MR) is 112 cm³/mol. The number of nitrogens with one attached hydrogen (secondary N) is 1. The van der Waals surface area contributed by atoms with Gasteiger partial charge in [0.15, 0.2) is 0 Å². The third kappa shape index (κ3) is 4.14. The van der Waals surface area contributed by atoms with Gasteiger partial charge in [0, 0.05) is 29.4 Å². The van der Waals surface area contributed by atoms with Gasteiger partial charge in [0.05, 0.1) is 17.8 Å². The summed E-state index contributed by atoms with van der Waals surface area (Å²) >= 11 is 6.19. The number of ketones is 1. The molecular formula is C23H21ClF2N2O2. The van der Waals surface area contributed by atoms with Gasteiger partial charge in [-0.05, 0) is 54.8 Å². The van der Waals surface area contributed by atoms with Crippen LogP contribution in [-0.4, -0.2) is 16.3 Å². The van der Waals surface area contributed by atoms with E-state index in [0.717, 1.165) is 23.4 Å². The number of rotatable bonds is 6. The molecule has 0 spiro atoms. The Hall–Kier alpha value is -2.99. The van der Waals surface area contributed by atoms with E-state index in [9.17, 15) is 18.4 Å². The molecule has 3 rings (SSSR count). The topological polar surface area (TPSA) is 51.1 Å². The highest BCUT2D eigenvalue weighted by Crippen LogP contribution is 2.30. The number of hydrogen-bond donors (Lipinski definition) is 1. The van der Waals surface area contributed by atoms with Crippen molar-refractivity contribution >= 4 is 23.3 Å². The Labute approximate surface area is 178 Å². The first kappa shape index (κ1) is 21.7. The number of aryl methyl sites for hydroxylation is 2. The highest BCUT2D eigenvalue weighted by Gasteiger charge is 2.25. The third-order valence-corrected chi connectivity index (χ3v) is 5.13. The maximum atomic E-state index is 14.3. The Morgan fingerprint density at radius 3 is 2.40 bits per heavy atom. The molecule has 156 valence electrons. The van der Waals surface area contributed by atoms with Crippen LogP contribution >= 0.6 is 11.6 Å².